The second-order valence-electron chi connectivity index (χ2n) is 22.9. The van der Waals surface area contributed by atoms with Crippen molar-refractivity contribution in [1.82, 2.24) is 40.3 Å². The number of aromatic hydroxyl groups is 1. The zero-order valence-electron chi connectivity index (χ0n) is 51.4. The van der Waals surface area contributed by atoms with E-state index in [-0.39, 0.29) is 70.4 Å². The highest BCUT2D eigenvalue weighted by molar-refractivity contribution is 7.10. The Balaban J connectivity index is 0.611. The molecule has 0 spiro atoms. The first kappa shape index (κ1) is 65.4. The number of phenolic OH excluding ortho intramolecular Hbond substituents is 1. The van der Waals surface area contributed by atoms with Crippen LogP contribution in [-0.4, -0.2) is 190 Å². The van der Waals surface area contributed by atoms with Gasteiger partial charge in [-0.15, -0.1) is 11.3 Å². The van der Waals surface area contributed by atoms with Crippen LogP contribution in [0, 0.1) is 11.7 Å². The number of amides is 5. The van der Waals surface area contributed by atoms with Crippen LogP contribution in [0.1, 0.15) is 69.3 Å². The molecule has 2 aliphatic heterocycles. The van der Waals surface area contributed by atoms with Crippen molar-refractivity contribution in [3.05, 3.63) is 100 Å². The van der Waals surface area contributed by atoms with E-state index in [0.29, 0.717) is 126 Å². The van der Waals surface area contributed by atoms with Gasteiger partial charge in [-0.2, -0.15) is 4.98 Å². The predicted octanol–water partition coefficient (Wildman–Crippen LogP) is 9.17. The summed E-state index contributed by atoms with van der Waals surface area (Å²) in [5, 5.41) is 26.7. The van der Waals surface area contributed by atoms with Crippen molar-refractivity contribution in [2.45, 2.75) is 76.4 Å². The molecule has 4 heterocycles. The fourth-order valence-electron chi connectivity index (χ4n) is 12.1. The molecule has 3 fully saturated rings. The minimum Gasteiger partial charge on any atom is -0.508 e. The smallest absolute Gasteiger partial charge is 0.314 e. The number of benzene rings is 5. The Morgan fingerprint density at radius 2 is 1.46 bits per heavy atom. The Kier molecular flexibility index (Phi) is 22.9. The Hall–Kier alpha value is -7.51. The van der Waals surface area contributed by atoms with Gasteiger partial charge in [0.2, 0.25) is 23.7 Å². The van der Waals surface area contributed by atoms with Crippen molar-refractivity contribution in [2.24, 2.45) is 11.7 Å². The molecule has 1 saturated carbocycles. The number of carbonyl (C=O) groups is 4. The minimum atomic E-state index is -0.697. The first-order chi connectivity index (χ1) is 43.8. The highest BCUT2D eigenvalue weighted by atomic mass is 35.5. The molecule has 0 unspecified atom stereocenters. The van der Waals surface area contributed by atoms with E-state index in [4.69, 9.17) is 51.0 Å². The van der Waals surface area contributed by atoms with E-state index in [0.717, 1.165) is 77.7 Å². The van der Waals surface area contributed by atoms with E-state index in [2.05, 4.69) is 32.4 Å². The van der Waals surface area contributed by atoms with Crippen LogP contribution in [0.25, 0.3) is 54.8 Å². The predicted molar refractivity (Wildman–Crippen MR) is 348 cm³/mol. The Morgan fingerprint density at radius 1 is 0.778 bits per heavy atom. The van der Waals surface area contributed by atoms with E-state index < -0.39 is 23.9 Å². The summed E-state index contributed by atoms with van der Waals surface area (Å²) < 4.78 is 46.1. The summed E-state index contributed by atoms with van der Waals surface area (Å²) in [6.45, 7) is 7.67. The van der Waals surface area contributed by atoms with Gasteiger partial charge in [-0.05, 0) is 97.6 Å². The molecule has 0 bridgehead atoms. The maximum absolute atomic E-state index is 17.0. The van der Waals surface area contributed by atoms with E-state index in [1.165, 1.54) is 11.0 Å². The summed E-state index contributed by atoms with van der Waals surface area (Å²) in [6.07, 6.45) is 6.98. The molecule has 0 radical (unpaired) electrons. The molecule has 480 valence electrons. The van der Waals surface area contributed by atoms with Crippen LogP contribution < -0.4 is 31.3 Å². The number of ether oxygens (including phenoxy) is 5. The van der Waals surface area contributed by atoms with Gasteiger partial charge in [0.25, 0.3) is 0 Å². The number of likely N-dealkylation sites (N-methyl/N-ethyl adjacent to an activating group) is 2. The van der Waals surface area contributed by atoms with Gasteiger partial charge in [-0.1, -0.05) is 79.4 Å². The summed E-state index contributed by atoms with van der Waals surface area (Å²) >= 11 is 8.45. The number of nitrogens with zero attached hydrogens (tertiary/aromatic N) is 7. The molecule has 10 rings (SSSR count). The minimum absolute atomic E-state index is 0.00119. The maximum atomic E-state index is 17.0. The number of nitrogens with two attached hydrogens (primary N) is 1. The molecule has 2 saturated heterocycles. The molecule has 5 aromatic carbocycles. The van der Waals surface area contributed by atoms with E-state index in [1.54, 1.807) is 42.5 Å². The quantitative estimate of drug-likeness (QED) is 0.0274. The molecular formula is C66H81ClFN11O10S. The maximum Gasteiger partial charge on any atom is 0.314 e. The number of carbonyl (C=O) groups excluding carboxylic acids is 4. The number of hydrogen-bond donors (Lipinski definition) is 5. The zero-order chi connectivity index (χ0) is 63.1. The zero-order valence-corrected chi connectivity index (χ0v) is 52.9. The number of aromatic nitrogens is 3. The number of fused-ring (bicyclic) bond motifs is 3. The van der Waals surface area contributed by atoms with Crippen LogP contribution in [-0.2, 0) is 33.3 Å². The van der Waals surface area contributed by atoms with Gasteiger partial charge in [-0.25, -0.2) is 19.2 Å². The van der Waals surface area contributed by atoms with Gasteiger partial charge in [0.1, 0.15) is 40.5 Å². The fourth-order valence-corrected chi connectivity index (χ4v) is 13.3. The lowest BCUT2D eigenvalue weighted by molar-refractivity contribution is -0.139. The van der Waals surface area contributed by atoms with Crippen LogP contribution in [0.5, 0.6) is 11.5 Å². The molecule has 7 aromatic rings. The van der Waals surface area contributed by atoms with Gasteiger partial charge in [0.05, 0.1) is 75.7 Å². The van der Waals surface area contributed by atoms with E-state index in [1.807, 2.05) is 71.3 Å². The molecular weight excluding hydrogens is 1190 g/mol. The first-order valence-electron chi connectivity index (χ1n) is 31.2. The molecule has 90 heavy (non-hydrogen) atoms. The van der Waals surface area contributed by atoms with Crippen LogP contribution in [0.3, 0.4) is 0 Å². The Bertz CT molecular complexity index is 3630. The van der Waals surface area contributed by atoms with Gasteiger partial charge >= 0.3 is 6.03 Å². The van der Waals surface area contributed by atoms with Crippen LogP contribution in [0.4, 0.5) is 21.0 Å². The van der Waals surface area contributed by atoms with Gasteiger partial charge in [-0.3, -0.25) is 14.4 Å². The van der Waals surface area contributed by atoms with Crippen molar-refractivity contribution < 1.29 is 52.4 Å². The number of nitrogens with one attached hydrogen (secondary N) is 3. The van der Waals surface area contributed by atoms with Crippen molar-refractivity contribution in [1.29, 1.82) is 0 Å². The van der Waals surface area contributed by atoms with Crippen molar-refractivity contribution >= 4 is 90.9 Å². The lowest BCUT2D eigenvalue weighted by Gasteiger charge is -2.35. The highest BCUT2D eigenvalue weighted by Crippen LogP contribution is 2.44. The van der Waals surface area contributed by atoms with Crippen LogP contribution in [0.2, 0.25) is 5.02 Å². The summed E-state index contributed by atoms with van der Waals surface area (Å²) in [5.41, 5.74) is 7.87. The van der Waals surface area contributed by atoms with Gasteiger partial charge < -0.3 is 70.1 Å². The lowest BCUT2D eigenvalue weighted by atomic mass is 9.83. The van der Waals surface area contributed by atoms with Gasteiger partial charge in [0, 0.05) is 86.6 Å². The molecule has 3 aliphatic rings. The fraction of sp³-hybridized carbons (Fsp3) is 0.470. The highest BCUT2D eigenvalue weighted by Gasteiger charge is 2.40. The van der Waals surface area contributed by atoms with Crippen molar-refractivity contribution in [3.8, 4) is 33.9 Å². The number of halogens is 2. The molecule has 21 nitrogen and oxygen atoms in total. The number of piperazine rings is 1. The Labute approximate surface area is 532 Å². The average Bonchev–Trinajstić information content (AvgIpc) is 0.911. The number of thiazole rings is 1. The van der Waals surface area contributed by atoms with Crippen molar-refractivity contribution in [3.63, 3.8) is 0 Å². The third-order valence-corrected chi connectivity index (χ3v) is 18.3. The second kappa shape index (κ2) is 31.5. The molecule has 5 amide bonds. The normalized spacial score (nSPS) is 16.2. The second-order valence-corrected chi connectivity index (χ2v) is 24.2. The third-order valence-electron chi connectivity index (χ3n) is 17.1. The summed E-state index contributed by atoms with van der Waals surface area (Å²) in [6, 6.07) is 22.5. The third kappa shape index (κ3) is 16.0. The molecule has 3 atom stereocenters. The molecule has 2 aromatic heterocycles. The number of phenols is 1. The molecule has 24 heteroatoms. The topological polar surface area (TPSA) is 248 Å². The molecule has 1 aliphatic carbocycles. The van der Waals surface area contributed by atoms with Crippen LogP contribution in [0.15, 0.2) is 84.2 Å². The SMILES string of the molecule is CN[C@@H](C)C(=O)N[C@H](C(=O)N1CCC[C@H]1c1nc(-c2ccc(OCCOCCOCCOCCOCCN(C)C(=O)CCNc3nc(N4CCN(C(N)=O)CC4)c4cc(Cl)c(-c5cc(O)cc6ccccc56)c(F)c4n3)c3ccccc23)cs1)C1CCCCC1. The van der Waals surface area contributed by atoms with Crippen molar-refractivity contribution in [2.75, 3.05) is 130 Å². The summed E-state index contributed by atoms with van der Waals surface area (Å²) in [5.74, 6) is 0.344. The Morgan fingerprint density at radius 3 is 2.17 bits per heavy atom. The first-order valence-corrected chi connectivity index (χ1v) is 32.4. The molecule has 6 N–H and O–H groups in total. The van der Waals surface area contributed by atoms with E-state index >= 15 is 4.39 Å². The number of likely N-dealkylation sites (tertiary alicyclic amines) is 1. The number of primary amides is 1. The number of rotatable bonds is 29. The monoisotopic (exact) mass is 1270 g/mol. The summed E-state index contributed by atoms with van der Waals surface area (Å²) in [7, 11) is 3.45. The standard InChI is InChI=1S/C66H81ClFN11O10S/c1-42(70-2)62(82)73-59(43-12-5-4-6-13-43)64(83)79-23-11-18-54(79)63-72-53(41-90-63)48-19-20-55(49-17-10-9-16-47(48)49)89-37-36-88-35-34-87-33-32-86-31-30-85-29-28-76(3)56(81)21-22-71-66-74-60-51(61(75-66)77-24-26-78(27-25-77)65(69)84)40-52(67)57(58(60)68)50-39-45(80)38-44-14-7-8-15-46(44)50/h7-10,14-17,19-20,38-43,54,59,70,80H,4-6,11-13,18,21-37H2,1-3H3,(H2,69,84)(H,73,82)(H,71,74,75)/t42-,54-,59-/m0/s1. The average molecular weight is 1270 g/mol. The van der Waals surface area contributed by atoms with E-state index in [9.17, 15) is 24.3 Å². The summed E-state index contributed by atoms with van der Waals surface area (Å²) in [4.78, 5) is 74.1. The van der Waals surface area contributed by atoms with Gasteiger partial charge in [0.15, 0.2) is 5.82 Å². The lowest BCUT2D eigenvalue weighted by Crippen LogP contribution is -2.55. The number of urea groups is 1. The number of hydrogen-bond acceptors (Lipinski definition) is 17. The van der Waals surface area contributed by atoms with Crippen LogP contribution >= 0.6 is 22.9 Å². The largest absolute Gasteiger partial charge is 0.508 e. The number of anilines is 2.